The Kier molecular flexibility index (Phi) is 24.3. The molecule has 0 aromatic heterocycles. The van der Waals surface area contributed by atoms with E-state index in [1.807, 2.05) is 0 Å². The monoisotopic (exact) mass is 178 g/mol. The number of aliphatic carboxylic acids is 1. The van der Waals surface area contributed by atoms with Crippen LogP contribution >= 0.6 is 0 Å². The summed E-state index contributed by atoms with van der Waals surface area (Å²) in [6.07, 6.45) is 0. The van der Waals surface area contributed by atoms with Crippen LogP contribution in [0.15, 0.2) is 0 Å². The third kappa shape index (κ3) is 214. The molecule has 0 amide bonds. The summed E-state index contributed by atoms with van der Waals surface area (Å²) in [4.78, 5) is 9.00. The first-order chi connectivity index (χ1) is 1.73. The Morgan fingerprint density at radius 1 is 1.67 bits per heavy atom. The van der Waals surface area contributed by atoms with Crippen molar-refractivity contribution in [1.82, 2.24) is 0 Å². The van der Waals surface area contributed by atoms with Crippen LogP contribution in [0.2, 0.25) is 0 Å². The minimum atomic E-state index is -0.833. The van der Waals surface area contributed by atoms with Crippen molar-refractivity contribution in [3.8, 4) is 0 Å². The summed E-state index contributed by atoms with van der Waals surface area (Å²) in [7, 11) is 0. The number of carbonyl (C=O) groups is 1. The summed E-state index contributed by atoms with van der Waals surface area (Å²) in [5.74, 6) is -0.833. The van der Waals surface area contributed by atoms with Gasteiger partial charge in [0.2, 0.25) is 0 Å². The Labute approximate surface area is 57.3 Å². The second-order valence-corrected chi connectivity index (χ2v) is 0.519. The second kappa shape index (κ2) is 9.10. The molecule has 1 N–H and O–H groups in total. The number of rotatable bonds is 0. The van der Waals surface area contributed by atoms with Crippen LogP contribution in [0.5, 0.6) is 0 Å². The average molecular weight is 179 g/mol. The first-order valence-electron chi connectivity index (χ1n) is 0.928. The molecule has 0 unspecified atom stereocenters. The van der Waals surface area contributed by atoms with Gasteiger partial charge in [-0.3, -0.25) is 4.79 Å². The van der Waals surface area contributed by atoms with E-state index in [1.54, 1.807) is 0 Å². The van der Waals surface area contributed by atoms with Gasteiger partial charge in [0.1, 0.15) is 0 Å². The normalized spacial score (nSPS) is 4.17. The summed E-state index contributed by atoms with van der Waals surface area (Å²) in [5, 5.41) is 7.42. The molecule has 2 nitrogen and oxygen atoms in total. The molecule has 4 heteroatoms. The molecule has 0 aliphatic heterocycles. The summed E-state index contributed by atoms with van der Waals surface area (Å²) in [6.45, 7) is 1.08. The first-order valence-corrected chi connectivity index (χ1v) is 0.928. The van der Waals surface area contributed by atoms with Crippen LogP contribution in [0, 0.1) is 0 Å². The molecule has 42 valence electrons. The third-order valence-electron chi connectivity index (χ3n) is 0. The molecular weight excluding hydrogens is 175 g/mol. The summed E-state index contributed by atoms with van der Waals surface area (Å²) < 4.78 is 0. The van der Waals surface area contributed by atoms with Crippen LogP contribution in [-0.2, 0) is 38.9 Å². The Balaban J connectivity index is -0.0000000450. The average Bonchev–Trinajstić information content (AvgIpc) is 0.811. The van der Waals surface area contributed by atoms with E-state index in [1.165, 1.54) is 0 Å². The van der Waals surface area contributed by atoms with Gasteiger partial charge in [-0.2, -0.15) is 0 Å². The smallest absolute Gasteiger partial charge is 0.300 e. The number of hydrogen-bond acceptors (Lipinski definition) is 1. The summed E-state index contributed by atoms with van der Waals surface area (Å²) in [5.41, 5.74) is 0. The molecule has 0 heterocycles. The van der Waals surface area contributed by atoms with Gasteiger partial charge in [-0.1, -0.05) is 0 Å². The maximum Gasteiger partial charge on any atom is 0.300 e. The molecule has 0 aliphatic rings. The molecule has 0 aromatic carbocycles. The molecule has 0 atom stereocenters. The molecule has 0 aliphatic carbocycles. The second-order valence-electron chi connectivity index (χ2n) is 0.519. The van der Waals surface area contributed by atoms with Crippen molar-refractivity contribution in [3.63, 3.8) is 0 Å². The van der Waals surface area contributed by atoms with Crippen molar-refractivity contribution >= 4 is 5.97 Å². The maximum absolute atomic E-state index is 9.00. The standard InChI is InChI=1S/C2H4O2.Cu.Mn/c1-2(3)4;;/h1H3,(H,3,4);;. The van der Waals surface area contributed by atoms with Crippen LogP contribution in [0.1, 0.15) is 6.92 Å². The predicted molar refractivity (Wildman–Crippen MR) is 13.3 cm³/mol. The fourth-order valence-electron chi connectivity index (χ4n) is 0. The number of carboxylic acid groups (broad SMARTS) is 1. The number of carboxylic acids is 1. The Bertz CT molecular complexity index is 34.5. The van der Waals surface area contributed by atoms with E-state index >= 15 is 0 Å². The quantitative estimate of drug-likeness (QED) is 0.534. The zero-order valence-corrected chi connectivity index (χ0v) is 5.16. The van der Waals surface area contributed by atoms with Gasteiger partial charge >= 0.3 is 0 Å². The van der Waals surface area contributed by atoms with Crippen LogP contribution < -0.4 is 0 Å². The molecule has 6 heavy (non-hydrogen) atoms. The Morgan fingerprint density at radius 3 is 1.67 bits per heavy atom. The molecular formula is C2H4CuMnO2. The van der Waals surface area contributed by atoms with Gasteiger partial charge in [-0.25, -0.2) is 0 Å². The topological polar surface area (TPSA) is 37.3 Å². The van der Waals surface area contributed by atoms with Crippen molar-refractivity contribution in [1.29, 1.82) is 0 Å². The third-order valence-corrected chi connectivity index (χ3v) is 0. The predicted octanol–water partition coefficient (Wildman–Crippen LogP) is 0.0859. The SMILES string of the molecule is CC(=O)O.[Cu].[Mn]. The zero-order valence-electron chi connectivity index (χ0n) is 3.03. The Hall–Kier alpha value is 0.509. The fourth-order valence-corrected chi connectivity index (χ4v) is 0. The van der Waals surface area contributed by atoms with Crippen molar-refractivity contribution in [2.24, 2.45) is 0 Å². The van der Waals surface area contributed by atoms with Crippen molar-refractivity contribution < 1.29 is 44.0 Å². The molecule has 0 aromatic rings. The van der Waals surface area contributed by atoms with Crippen molar-refractivity contribution in [2.75, 3.05) is 0 Å². The van der Waals surface area contributed by atoms with Gasteiger partial charge in [-0.15, -0.1) is 0 Å². The largest absolute Gasteiger partial charge is 0.481 e. The van der Waals surface area contributed by atoms with E-state index in [2.05, 4.69) is 0 Å². The molecule has 0 fully saturated rings. The fraction of sp³-hybridized carbons (Fsp3) is 0.500. The van der Waals surface area contributed by atoms with Gasteiger partial charge in [-0.05, 0) is 0 Å². The minimum absolute atomic E-state index is 0. The molecule has 0 saturated carbocycles. The van der Waals surface area contributed by atoms with E-state index in [-0.39, 0.29) is 34.1 Å². The summed E-state index contributed by atoms with van der Waals surface area (Å²) in [6, 6.07) is 0. The maximum atomic E-state index is 9.00. The van der Waals surface area contributed by atoms with Crippen molar-refractivity contribution in [3.05, 3.63) is 0 Å². The van der Waals surface area contributed by atoms with Crippen LogP contribution in [-0.4, -0.2) is 11.1 Å². The van der Waals surface area contributed by atoms with Gasteiger partial charge < -0.3 is 5.11 Å². The van der Waals surface area contributed by atoms with E-state index < -0.39 is 5.97 Å². The number of hydrogen-bond donors (Lipinski definition) is 1. The first kappa shape index (κ1) is 16.0. The van der Waals surface area contributed by atoms with Gasteiger partial charge in [0.15, 0.2) is 0 Å². The minimum Gasteiger partial charge on any atom is -0.481 e. The molecule has 0 bridgehead atoms. The van der Waals surface area contributed by atoms with E-state index in [0.717, 1.165) is 6.92 Å². The van der Waals surface area contributed by atoms with Gasteiger partial charge in [0.25, 0.3) is 5.97 Å². The van der Waals surface area contributed by atoms with Gasteiger partial charge in [0.05, 0.1) is 0 Å². The molecule has 0 rings (SSSR count). The van der Waals surface area contributed by atoms with Gasteiger partial charge in [0, 0.05) is 41.1 Å². The molecule has 2 radical (unpaired) electrons. The van der Waals surface area contributed by atoms with Crippen LogP contribution in [0.25, 0.3) is 0 Å². The zero-order chi connectivity index (χ0) is 3.58. The van der Waals surface area contributed by atoms with E-state index in [0.29, 0.717) is 0 Å². The molecule has 0 spiro atoms. The van der Waals surface area contributed by atoms with Crippen LogP contribution in [0.4, 0.5) is 0 Å². The molecule has 0 saturated heterocycles. The van der Waals surface area contributed by atoms with E-state index in [4.69, 9.17) is 9.90 Å². The van der Waals surface area contributed by atoms with Crippen molar-refractivity contribution in [2.45, 2.75) is 6.92 Å². The van der Waals surface area contributed by atoms with Crippen LogP contribution in [0.3, 0.4) is 0 Å². The Morgan fingerprint density at radius 2 is 1.67 bits per heavy atom. The van der Waals surface area contributed by atoms with E-state index in [9.17, 15) is 0 Å². The summed E-state index contributed by atoms with van der Waals surface area (Å²) >= 11 is 0.